The van der Waals surface area contributed by atoms with Gasteiger partial charge in [-0.3, -0.25) is 4.57 Å². The van der Waals surface area contributed by atoms with Crippen LogP contribution < -0.4 is 16.2 Å². The van der Waals surface area contributed by atoms with Crippen molar-refractivity contribution in [2.24, 2.45) is 5.73 Å². The average Bonchev–Trinajstić information content (AvgIpc) is 2.95. The Balaban J connectivity index is 0.000000412. The Kier molecular flexibility index (Phi) is 7.95. The normalized spacial score (nSPS) is 11.1. The topological polar surface area (TPSA) is 172 Å². The first-order chi connectivity index (χ1) is 12.2. The van der Waals surface area contributed by atoms with Crippen LogP contribution in [-0.2, 0) is 16.3 Å². The number of aliphatic hydroxyl groups is 1. The van der Waals surface area contributed by atoms with Crippen molar-refractivity contribution in [1.82, 2.24) is 19.5 Å². The van der Waals surface area contributed by atoms with E-state index in [0.29, 0.717) is 30.2 Å². The highest BCUT2D eigenvalue weighted by molar-refractivity contribution is 5.77. The van der Waals surface area contributed by atoms with Gasteiger partial charge in [-0.1, -0.05) is 0 Å². The van der Waals surface area contributed by atoms with Crippen molar-refractivity contribution in [3.05, 3.63) is 6.33 Å². The summed E-state index contributed by atoms with van der Waals surface area (Å²) in [5.74, 6) is -2.37. The molecule has 0 saturated carbocycles. The summed E-state index contributed by atoms with van der Waals surface area (Å²) in [4.78, 5) is 21.1. The van der Waals surface area contributed by atoms with Crippen LogP contribution in [0.5, 0.6) is 5.88 Å². The number of nitrogen functional groups attached to an aromatic ring is 1. The third-order valence-corrected chi connectivity index (χ3v) is 2.51. The molecule has 26 heavy (non-hydrogen) atoms. The predicted octanol–water partition coefficient (Wildman–Crippen LogP) is -0.654. The molecule has 146 valence electrons. The second-order valence-electron chi connectivity index (χ2n) is 4.47. The van der Waals surface area contributed by atoms with E-state index in [1.807, 2.05) is 0 Å². The average molecular weight is 382 g/mol. The number of carbonyl (C=O) groups is 1. The molecule has 0 aliphatic heterocycles. The summed E-state index contributed by atoms with van der Waals surface area (Å²) in [7, 11) is 0. The van der Waals surface area contributed by atoms with Crippen LogP contribution in [0, 0.1) is 0 Å². The third-order valence-electron chi connectivity index (χ3n) is 2.51. The lowest BCUT2D eigenvalue weighted by molar-refractivity contribution is -0.192. The second-order valence-corrected chi connectivity index (χ2v) is 4.47. The first-order valence-electron chi connectivity index (χ1n) is 7.00. The number of aromatic nitrogens is 4. The Bertz CT molecular complexity index is 723. The number of aliphatic hydroxyl groups excluding tert-OH is 1. The highest BCUT2D eigenvalue weighted by atomic mass is 19.4. The van der Waals surface area contributed by atoms with Crippen LogP contribution in [0.15, 0.2) is 6.33 Å². The van der Waals surface area contributed by atoms with Crippen molar-refractivity contribution in [3.63, 3.8) is 0 Å². The molecular weight excluding hydrogens is 365 g/mol. The molecule has 2 aromatic heterocycles. The molecule has 0 atom stereocenters. The zero-order valence-corrected chi connectivity index (χ0v) is 13.3. The van der Waals surface area contributed by atoms with Crippen molar-refractivity contribution in [2.75, 3.05) is 32.1 Å². The molecule has 0 saturated heterocycles. The number of carboxylic acids is 1. The van der Waals surface area contributed by atoms with E-state index >= 15 is 0 Å². The third kappa shape index (κ3) is 6.30. The zero-order valence-electron chi connectivity index (χ0n) is 13.3. The van der Waals surface area contributed by atoms with Gasteiger partial charge < -0.3 is 31.2 Å². The minimum atomic E-state index is -5.08. The van der Waals surface area contributed by atoms with Gasteiger partial charge in [-0.2, -0.15) is 23.1 Å². The Hall–Kier alpha value is -2.71. The quantitative estimate of drug-likeness (QED) is 0.451. The molecule has 0 radical (unpaired) electrons. The Morgan fingerprint density at radius 2 is 1.96 bits per heavy atom. The molecule has 0 amide bonds. The van der Waals surface area contributed by atoms with E-state index in [9.17, 15) is 13.2 Å². The summed E-state index contributed by atoms with van der Waals surface area (Å²) in [5, 5.41) is 15.8. The monoisotopic (exact) mass is 382 g/mol. The fourth-order valence-electron chi connectivity index (χ4n) is 1.51. The van der Waals surface area contributed by atoms with Crippen LogP contribution in [0.3, 0.4) is 0 Å². The van der Waals surface area contributed by atoms with Crippen molar-refractivity contribution < 1.29 is 37.7 Å². The van der Waals surface area contributed by atoms with Gasteiger partial charge in [0.15, 0.2) is 11.2 Å². The Morgan fingerprint density at radius 1 is 1.31 bits per heavy atom. The van der Waals surface area contributed by atoms with E-state index in [1.165, 1.54) is 0 Å². The highest BCUT2D eigenvalue weighted by Crippen LogP contribution is 2.21. The number of hydrogen-bond acceptors (Lipinski definition) is 9. The number of carboxylic acid groups (broad SMARTS) is 1. The van der Waals surface area contributed by atoms with Crippen molar-refractivity contribution >= 4 is 23.1 Å². The number of halogens is 3. The number of imidazole rings is 1. The number of ether oxygens (including phenoxy) is 2. The SMILES string of the molecule is NCCOc1nc(N)nc2c1ncn2COCCO.O=C(O)C(F)(F)F. The summed E-state index contributed by atoms with van der Waals surface area (Å²) in [5.41, 5.74) is 12.0. The molecule has 0 unspecified atom stereocenters. The smallest absolute Gasteiger partial charge is 0.475 e. The second kappa shape index (κ2) is 9.69. The lowest BCUT2D eigenvalue weighted by Gasteiger charge is -2.06. The van der Waals surface area contributed by atoms with Gasteiger partial charge in [-0.25, -0.2) is 9.78 Å². The molecular formula is C12H17F3N6O5. The number of alkyl halides is 3. The van der Waals surface area contributed by atoms with Crippen molar-refractivity contribution in [1.29, 1.82) is 0 Å². The van der Waals surface area contributed by atoms with Gasteiger partial charge in [0, 0.05) is 6.54 Å². The standard InChI is InChI=1S/C10H16N6O3.C2HF3O2/c11-1-3-19-9-7-8(14-10(12)15-9)16(5-13-7)6-18-4-2-17;3-2(4,5)1(6)7/h5,17H,1-4,6,11H2,(H2,12,14,15);(H,6,7). The summed E-state index contributed by atoms with van der Waals surface area (Å²) in [6.07, 6.45) is -3.54. The van der Waals surface area contributed by atoms with Gasteiger partial charge in [0.25, 0.3) is 0 Å². The Labute approximate surface area is 144 Å². The van der Waals surface area contributed by atoms with E-state index in [2.05, 4.69) is 15.0 Å². The lowest BCUT2D eigenvalue weighted by atomic mass is 10.5. The fourth-order valence-corrected chi connectivity index (χ4v) is 1.51. The van der Waals surface area contributed by atoms with Crippen LogP contribution in [0.4, 0.5) is 19.1 Å². The van der Waals surface area contributed by atoms with Crippen LogP contribution in [-0.4, -0.2) is 68.2 Å². The number of rotatable bonds is 7. The molecule has 0 spiro atoms. The molecule has 11 nitrogen and oxygen atoms in total. The largest absolute Gasteiger partial charge is 0.490 e. The number of nitrogens with two attached hydrogens (primary N) is 2. The van der Waals surface area contributed by atoms with E-state index in [-0.39, 0.29) is 25.9 Å². The molecule has 0 fully saturated rings. The van der Waals surface area contributed by atoms with E-state index in [1.54, 1.807) is 10.9 Å². The lowest BCUT2D eigenvalue weighted by Crippen LogP contribution is -2.21. The number of anilines is 1. The van der Waals surface area contributed by atoms with Crippen LogP contribution in [0.2, 0.25) is 0 Å². The first kappa shape index (κ1) is 21.3. The predicted molar refractivity (Wildman–Crippen MR) is 81.0 cm³/mol. The van der Waals surface area contributed by atoms with Gasteiger partial charge in [0.1, 0.15) is 13.3 Å². The zero-order chi connectivity index (χ0) is 19.7. The Morgan fingerprint density at radius 3 is 2.50 bits per heavy atom. The number of hydrogen-bond donors (Lipinski definition) is 4. The molecule has 2 rings (SSSR count). The van der Waals surface area contributed by atoms with E-state index < -0.39 is 12.1 Å². The molecule has 14 heteroatoms. The summed E-state index contributed by atoms with van der Waals surface area (Å²) >= 11 is 0. The number of nitrogens with zero attached hydrogens (tertiary/aromatic N) is 4. The molecule has 0 aliphatic rings. The maximum Gasteiger partial charge on any atom is 0.490 e. The van der Waals surface area contributed by atoms with Crippen LogP contribution >= 0.6 is 0 Å². The minimum Gasteiger partial charge on any atom is -0.475 e. The molecule has 2 heterocycles. The van der Waals surface area contributed by atoms with Crippen molar-refractivity contribution in [2.45, 2.75) is 12.9 Å². The molecule has 0 bridgehead atoms. The minimum absolute atomic E-state index is 0.0470. The maximum absolute atomic E-state index is 10.6. The van der Waals surface area contributed by atoms with E-state index in [0.717, 1.165) is 0 Å². The molecule has 2 aromatic rings. The number of fused-ring (bicyclic) bond motifs is 1. The summed E-state index contributed by atoms with van der Waals surface area (Å²) < 4.78 is 44.0. The van der Waals surface area contributed by atoms with Crippen LogP contribution in [0.25, 0.3) is 11.2 Å². The van der Waals surface area contributed by atoms with Gasteiger partial charge in [-0.05, 0) is 0 Å². The number of aliphatic carboxylic acids is 1. The highest BCUT2D eigenvalue weighted by Gasteiger charge is 2.38. The summed E-state index contributed by atoms with van der Waals surface area (Å²) in [6.45, 7) is 1.08. The van der Waals surface area contributed by atoms with E-state index in [4.69, 9.17) is 35.9 Å². The van der Waals surface area contributed by atoms with Gasteiger partial charge in [0.2, 0.25) is 11.8 Å². The fraction of sp³-hybridized carbons (Fsp3) is 0.500. The molecule has 0 aromatic carbocycles. The van der Waals surface area contributed by atoms with Crippen LogP contribution in [0.1, 0.15) is 0 Å². The van der Waals surface area contributed by atoms with Gasteiger partial charge >= 0.3 is 12.1 Å². The molecule has 6 N–H and O–H groups in total. The van der Waals surface area contributed by atoms with Crippen molar-refractivity contribution in [3.8, 4) is 5.88 Å². The first-order valence-corrected chi connectivity index (χ1v) is 7.00. The van der Waals surface area contributed by atoms with Gasteiger partial charge in [0.05, 0.1) is 19.5 Å². The molecule has 0 aliphatic carbocycles. The maximum atomic E-state index is 10.6. The summed E-state index contributed by atoms with van der Waals surface area (Å²) in [6, 6.07) is 0. The van der Waals surface area contributed by atoms with Gasteiger partial charge in [-0.15, -0.1) is 0 Å².